The van der Waals surface area contributed by atoms with Crippen molar-refractivity contribution in [1.29, 1.82) is 0 Å². The van der Waals surface area contributed by atoms with E-state index >= 15 is 0 Å². The number of nitrogens with two attached hydrogens (primary N) is 1. The van der Waals surface area contributed by atoms with Crippen LogP contribution in [-0.4, -0.2) is 41.3 Å². The van der Waals surface area contributed by atoms with Crippen molar-refractivity contribution >= 4 is 11.6 Å². The van der Waals surface area contributed by atoms with Crippen LogP contribution in [0.25, 0.3) is 0 Å². The highest BCUT2D eigenvalue weighted by Crippen LogP contribution is 2.25. The molecular weight excluding hydrogens is 242 g/mol. The van der Waals surface area contributed by atoms with Gasteiger partial charge in [-0.15, -0.1) is 0 Å². The molecule has 0 aliphatic carbocycles. The third-order valence-electron chi connectivity index (χ3n) is 3.13. The van der Waals surface area contributed by atoms with Crippen LogP contribution >= 0.6 is 0 Å². The lowest BCUT2D eigenvalue weighted by Gasteiger charge is -2.29. The summed E-state index contributed by atoms with van der Waals surface area (Å²) in [5.74, 6) is 2.08. The number of rotatable bonds is 2. The van der Waals surface area contributed by atoms with Crippen molar-refractivity contribution in [2.24, 2.45) is 0 Å². The van der Waals surface area contributed by atoms with E-state index in [-0.39, 0.29) is 5.41 Å². The summed E-state index contributed by atoms with van der Waals surface area (Å²) < 4.78 is 5.33. The molecule has 2 rings (SSSR count). The largest absolute Gasteiger partial charge is 0.383 e. The van der Waals surface area contributed by atoms with Gasteiger partial charge >= 0.3 is 0 Å². The smallest absolute Gasteiger partial charge is 0.149 e. The predicted octanol–water partition coefficient (Wildman–Crippen LogP) is 1.32. The van der Waals surface area contributed by atoms with Crippen LogP contribution in [0.15, 0.2) is 0 Å². The zero-order chi connectivity index (χ0) is 14.0. The minimum atomic E-state index is -0.122. The van der Waals surface area contributed by atoms with Crippen molar-refractivity contribution in [2.45, 2.75) is 33.1 Å². The monoisotopic (exact) mass is 265 g/mol. The Hall–Kier alpha value is -1.40. The van der Waals surface area contributed by atoms with Gasteiger partial charge in [0.2, 0.25) is 0 Å². The molecule has 1 aliphatic rings. The average molecular weight is 265 g/mol. The normalized spacial score (nSPS) is 17.5. The lowest BCUT2D eigenvalue weighted by atomic mass is 9.95. The first kappa shape index (κ1) is 14.0. The molecule has 0 amide bonds. The fraction of sp³-hybridized carbons (Fsp3) is 0.692. The summed E-state index contributed by atoms with van der Waals surface area (Å²) in [5, 5.41) is 2.10. The molecular formula is C13H23N5O. The van der Waals surface area contributed by atoms with Gasteiger partial charge in [-0.3, -0.25) is 0 Å². The predicted molar refractivity (Wildman–Crippen MR) is 75.9 cm³/mol. The number of nitrogens with zero attached hydrogens (tertiary/aromatic N) is 3. The molecule has 0 aromatic carbocycles. The van der Waals surface area contributed by atoms with E-state index in [1.807, 2.05) is 6.92 Å². The molecule has 0 unspecified atom stereocenters. The van der Waals surface area contributed by atoms with Crippen LogP contribution in [0.5, 0.6) is 0 Å². The van der Waals surface area contributed by atoms with Gasteiger partial charge in [-0.05, 0) is 6.92 Å². The van der Waals surface area contributed by atoms with Gasteiger partial charge in [0.15, 0.2) is 0 Å². The van der Waals surface area contributed by atoms with Crippen molar-refractivity contribution in [3.05, 3.63) is 11.4 Å². The second kappa shape index (κ2) is 5.30. The van der Waals surface area contributed by atoms with Crippen molar-refractivity contribution in [3.63, 3.8) is 0 Å². The Morgan fingerprint density at radius 1 is 1.21 bits per heavy atom. The Balaban J connectivity index is 2.25. The molecule has 2 heterocycles. The highest BCUT2D eigenvalue weighted by atomic mass is 16.5. The minimum Gasteiger partial charge on any atom is -0.383 e. The summed E-state index contributed by atoms with van der Waals surface area (Å²) in [5.41, 5.74) is 10.1. The van der Waals surface area contributed by atoms with Crippen molar-refractivity contribution < 1.29 is 4.74 Å². The summed E-state index contributed by atoms with van der Waals surface area (Å²) >= 11 is 0. The Morgan fingerprint density at radius 3 is 2.42 bits per heavy atom. The maximum absolute atomic E-state index is 5.99. The van der Waals surface area contributed by atoms with Crippen LogP contribution < -0.4 is 11.2 Å². The molecule has 1 aromatic rings. The molecule has 0 bridgehead atoms. The first-order valence-electron chi connectivity index (χ1n) is 6.62. The molecule has 0 atom stereocenters. The molecule has 3 N–H and O–H groups in total. The van der Waals surface area contributed by atoms with Crippen LogP contribution in [0.3, 0.4) is 0 Å². The topological polar surface area (TPSA) is 76.3 Å². The summed E-state index contributed by atoms with van der Waals surface area (Å²) in [7, 11) is 0. The molecule has 1 fully saturated rings. The molecule has 1 aromatic heterocycles. The van der Waals surface area contributed by atoms with Crippen molar-refractivity contribution in [2.75, 3.05) is 37.5 Å². The van der Waals surface area contributed by atoms with Crippen LogP contribution in [0.1, 0.15) is 32.2 Å². The first-order valence-corrected chi connectivity index (χ1v) is 6.62. The van der Waals surface area contributed by atoms with E-state index < -0.39 is 0 Å². The fourth-order valence-corrected chi connectivity index (χ4v) is 1.80. The van der Waals surface area contributed by atoms with Gasteiger partial charge in [0.25, 0.3) is 0 Å². The van der Waals surface area contributed by atoms with Crippen LogP contribution in [-0.2, 0) is 10.2 Å². The SMILES string of the molecule is Cc1c(N)nc(C(C)(C)C)nc1NN1CCOCC1. The summed E-state index contributed by atoms with van der Waals surface area (Å²) in [6.45, 7) is 11.3. The number of hydrogen-bond donors (Lipinski definition) is 2. The number of ether oxygens (including phenoxy) is 1. The van der Waals surface area contributed by atoms with Crippen LogP contribution in [0, 0.1) is 6.92 Å². The molecule has 6 heteroatoms. The lowest BCUT2D eigenvalue weighted by Crippen LogP contribution is -2.41. The Labute approximate surface area is 114 Å². The van der Waals surface area contributed by atoms with E-state index in [2.05, 4.69) is 41.2 Å². The number of nitrogens with one attached hydrogen (secondary N) is 1. The van der Waals surface area contributed by atoms with E-state index in [9.17, 15) is 0 Å². The summed E-state index contributed by atoms with van der Waals surface area (Å²) in [4.78, 5) is 8.99. The fourth-order valence-electron chi connectivity index (χ4n) is 1.80. The standard InChI is InChI=1S/C13H23N5O/c1-9-10(14)15-12(13(2,3)4)16-11(9)17-18-5-7-19-8-6-18/h5-8H2,1-4H3,(H3,14,15,16,17). The van der Waals surface area contributed by atoms with E-state index in [1.165, 1.54) is 0 Å². The van der Waals surface area contributed by atoms with Crippen molar-refractivity contribution in [1.82, 2.24) is 15.0 Å². The lowest BCUT2D eigenvalue weighted by molar-refractivity contribution is 0.0494. The third kappa shape index (κ3) is 3.33. The number of morpholine rings is 1. The summed E-state index contributed by atoms with van der Waals surface area (Å²) in [6.07, 6.45) is 0. The first-order chi connectivity index (χ1) is 8.88. The van der Waals surface area contributed by atoms with Gasteiger partial charge in [0, 0.05) is 24.1 Å². The highest BCUT2D eigenvalue weighted by molar-refractivity contribution is 5.54. The number of hydrogen-bond acceptors (Lipinski definition) is 6. The molecule has 106 valence electrons. The van der Waals surface area contributed by atoms with Gasteiger partial charge < -0.3 is 15.9 Å². The molecule has 0 spiro atoms. The van der Waals surface area contributed by atoms with E-state index in [0.717, 1.165) is 43.5 Å². The molecule has 6 nitrogen and oxygen atoms in total. The minimum absolute atomic E-state index is 0.122. The van der Waals surface area contributed by atoms with Crippen molar-refractivity contribution in [3.8, 4) is 0 Å². The molecule has 1 aliphatic heterocycles. The van der Waals surface area contributed by atoms with Gasteiger partial charge in [-0.1, -0.05) is 20.8 Å². The van der Waals surface area contributed by atoms with E-state index in [0.29, 0.717) is 5.82 Å². The van der Waals surface area contributed by atoms with E-state index in [1.54, 1.807) is 0 Å². The average Bonchev–Trinajstić information content (AvgIpc) is 2.34. The van der Waals surface area contributed by atoms with E-state index in [4.69, 9.17) is 10.5 Å². The number of hydrazine groups is 1. The third-order valence-corrected chi connectivity index (χ3v) is 3.13. The zero-order valence-electron chi connectivity index (χ0n) is 12.2. The maximum atomic E-state index is 5.99. The highest BCUT2D eigenvalue weighted by Gasteiger charge is 2.21. The molecule has 19 heavy (non-hydrogen) atoms. The second-order valence-electron chi connectivity index (χ2n) is 5.87. The summed E-state index contributed by atoms with van der Waals surface area (Å²) in [6, 6.07) is 0. The Kier molecular flexibility index (Phi) is 3.91. The number of anilines is 2. The second-order valence-corrected chi connectivity index (χ2v) is 5.87. The zero-order valence-corrected chi connectivity index (χ0v) is 12.2. The maximum Gasteiger partial charge on any atom is 0.149 e. The molecule has 1 saturated heterocycles. The molecule has 0 saturated carbocycles. The van der Waals surface area contributed by atoms with Gasteiger partial charge in [0.1, 0.15) is 17.5 Å². The number of nitrogen functional groups attached to an aromatic ring is 1. The number of aromatic nitrogens is 2. The quantitative estimate of drug-likeness (QED) is 0.840. The Bertz CT molecular complexity index is 449. The Morgan fingerprint density at radius 2 is 1.84 bits per heavy atom. The van der Waals surface area contributed by atoms with Crippen LogP contribution in [0.4, 0.5) is 11.6 Å². The van der Waals surface area contributed by atoms with Gasteiger partial charge in [-0.25, -0.2) is 15.0 Å². The van der Waals surface area contributed by atoms with Gasteiger partial charge in [-0.2, -0.15) is 0 Å². The van der Waals surface area contributed by atoms with Gasteiger partial charge in [0.05, 0.1) is 13.2 Å². The molecule has 0 radical (unpaired) electrons. The van der Waals surface area contributed by atoms with Crippen LogP contribution in [0.2, 0.25) is 0 Å².